The molecule has 7 heteroatoms. The highest BCUT2D eigenvalue weighted by molar-refractivity contribution is 7.58. The first kappa shape index (κ1) is 21.8. The maximum atomic E-state index is 12.9. The Morgan fingerprint density at radius 2 is 1.97 bits per heavy atom. The number of cyclic esters (lactones) is 1. The summed E-state index contributed by atoms with van der Waals surface area (Å²) in [7, 11) is -3.53. The third kappa shape index (κ3) is 5.80. The fourth-order valence-electron chi connectivity index (χ4n) is 4.05. The molecule has 1 saturated carbocycles. The summed E-state index contributed by atoms with van der Waals surface area (Å²) in [6.07, 6.45) is 5.87. The zero-order chi connectivity index (χ0) is 21.0. The van der Waals surface area contributed by atoms with E-state index in [1.165, 1.54) is 6.42 Å². The number of fused-ring (bicyclic) bond motifs is 1. The zero-order valence-electron chi connectivity index (χ0n) is 17.0. The Kier molecular flexibility index (Phi) is 6.97. The lowest BCUT2D eigenvalue weighted by atomic mass is 9.88. The fraction of sp³-hybridized carbons (Fsp3) is 0.545. The quantitative estimate of drug-likeness (QED) is 0.386. The van der Waals surface area contributed by atoms with E-state index in [1.54, 1.807) is 24.3 Å². The highest BCUT2D eigenvalue weighted by Gasteiger charge is 2.35. The molecule has 1 heterocycles. The highest BCUT2D eigenvalue weighted by atomic mass is 31.2. The van der Waals surface area contributed by atoms with Gasteiger partial charge in [0.1, 0.15) is 0 Å². The van der Waals surface area contributed by atoms with Crippen LogP contribution in [0.15, 0.2) is 35.9 Å². The van der Waals surface area contributed by atoms with Crippen molar-refractivity contribution in [2.75, 3.05) is 12.3 Å². The van der Waals surface area contributed by atoms with Crippen LogP contribution in [0.2, 0.25) is 0 Å². The minimum atomic E-state index is -3.53. The molecule has 1 N–H and O–H groups in total. The van der Waals surface area contributed by atoms with Gasteiger partial charge < -0.3 is 14.4 Å². The number of ether oxygens (including phenoxy) is 2. The molecule has 1 aliphatic carbocycles. The van der Waals surface area contributed by atoms with Crippen molar-refractivity contribution >= 4 is 19.3 Å². The predicted octanol–water partition coefficient (Wildman–Crippen LogP) is 4.83. The average Bonchev–Trinajstić information content (AvgIpc) is 2.97. The summed E-state index contributed by atoms with van der Waals surface area (Å²) < 4.78 is 23.4. The zero-order valence-corrected chi connectivity index (χ0v) is 17.9. The number of hydrogen-bond acceptors (Lipinski definition) is 5. The third-order valence-electron chi connectivity index (χ3n) is 5.28. The van der Waals surface area contributed by atoms with Crippen molar-refractivity contribution in [3.63, 3.8) is 0 Å². The van der Waals surface area contributed by atoms with E-state index in [1.807, 2.05) is 19.9 Å². The molecule has 1 fully saturated rings. The summed E-state index contributed by atoms with van der Waals surface area (Å²) in [5.74, 6) is -0.990. The number of carbonyl (C=O) groups excluding carboxylic acids is 2. The van der Waals surface area contributed by atoms with E-state index >= 15 is 0 Å². The van der Waals surface area contributed by atoms with Crippen LogP contribution in [0, 0.1) is 11.8 Å². The minimum absolute atomic E-state index is 0.0421. The predicted molar refractivity (Wildman–Crippen MR) is 110 cm³/mol. The molecule has 3 rings (SSSR count). The second-order valence-corrected chi connectivity index (χ2v) is 10.8. The molecule has 0 saturated heterocycles. The molecule has 0 radical (unpaired) electrons. The van der Waals surface area contributed by atoms with Gasteiger partial charge in [0, 0.05) is 17.3 Å². The van der Waals surface area contributed by atoms with Gasteiger partial charge >= 0.3 is 11.9 Å². The first-order valence-electron chi connectivity index (χ1n) is 10.3. The van der Waals surface area contributed by atoms with E-state index < -0.39 is 25.6 Å². The Bertz CT molecular complexity index is 837. The van der Waals surface area contributed by atoms with Crippen LogP contribution in [0.5, 0.6) is 0 Å². The number of hydrogen-bond donors (Lipinski definition) is 1. The number of esters is 2. The Morgan fingerprint density at radius 3 is 2.66 bits per heavy atom. The number of rotatable bonds is 7. The summed E-state index contributed by atoms with van der Waals surface area (Å²) in [6.45, 7) is 3.75. The SMILES string of the molecule is CC(C)CP(=O)(O)CC(=CC1CCCCC1)C(=O)OC1OC(=O)c2ccccc21. The Morgan fingerprint density at radius 1 is 1.28 bits per heavy atom. The monoisotopic (exact) mass is 420 g/mol. The van der Waals surface area contributed by atoms with Crippen molar-refractivity contribution in [3.05, 3.63) is 47.0 Å². The normalized spacial score (nSPS) is 22.1. The van der Waals surface area contributed by atoms with Crippen LogP contribution < -0.4 is 0 Å². The molecule has 6 nitrogen and oxygen atoms in total. The summed E-state index contributed by atoms with van der Waals surface area (Å²) in [5, 5.41) is 0. The molecule has 29 heavy (non-hydrogen) atoms. The van der Waals surface area contributed by atoms with Gasteiger partial charge in [-0.05, 0) is 30.7 Å². The van der Waals surface area contributed by atoms with E-state index in [4.69, 9.17) is 9.47 Å². The van der Waals surface area contributed by atoms with E-state index in [9.17, 15) is 19.0 Å². The molecular formula is C22H29O6P. The van der Waals surface area contributed by atoms with Crippen LogP contribution in [0.4, 0.5) is 0 Å². The van der Waals surface area contributed by atoms with Gasteiger partial charge in [0.2, 0.25) is 7.37 Å². The van der Waals surface area contributed by atoms with Crippen LogP contribution >= 0.6 is 7.37 Å². The lowest BCUT2D eigenvalue weighted by molar-refractivity contribution is -0.162. The Balaban J connectivity index is 1.80. The van der Waals surface area contributed by atoms with Crippen molar-refractivity contribution < 1.29 is 28.5 Å². The molecule has 0 amide bonds. The van der Waals surface area contributed by atoms with E-state index in [0.29, 0.717) is 11.1 Å². The van der Waals surface area contributed by atoms with Crippen LogP contribution in [0.1, 0.15) is 68.2 Å². The van der Waals surface area contributed by atoms with Gasteiger partial charge in [-0.2, -0.15) is 0 Å². The Labute approximate surface area is 171 Å². The number of benzene rings is 1. The molecule has 0 bridgehead atoms. The maximum Gasteiger partial charge on any atom is 0.342 e. The van der Waals surface area contributed by atoms with Crippen LogP contribution in [0.25, 0.3) is 0 Å². The second kappa shape index (κ2) is 9.27. The van der Waals surface area contributed by atoms with Gasteiger partial charge in [-0.15, -0.1) is 0 Å². The standard InChI is InChI=1S/C22H29O6P/c1-15(2)13-29(25,26)14-17(12-16-8-4-3-5-9-16)20(23)27-22-19-11-7-6-10-18(19)21(24)28-22/h6-7,10-12,15-16,22H,3-5,8-9,13-14H2,1-2H3,(H,25,26). The van der Waals surface area contributed by atoms with Crippen molar-refractivity contribution in [1.29, 1.82) is 0 Å². The third-order valence-corrected chi connectivity index (χ3v) is 7.42. The first-order valence-corrected chi connectivity index (χ1v) is 12.3. The summed E-state index contributed by atoms with van der Waals surface area (Å²) in [4.78, 5) is 35.3. The molecule has 2 unspecified atom stereocenters. The van der Waals surface area contributed by atoms with E-state index in [2.05, 4.69) is 0 Å². The van der Waals surface area contributed by atoms with E-state index in [0.717, 1.165) is 25.7 Å². The van der Waals surface area contributed by atoms with Gasteiger partial charge in [-0.1, -0.05) is 57.4 Å². The molecule has 2 aliphatic rings. The van der Waals surface area contributed by atoms with Gasteiger partial charge in [0.05, 0.1) is 11.7 Å². The second-order valence-electron chi connectivity index (χ2n) is 8.40. The molecule has 0 spiro atoms. The molecule has 1 aromatic carbocycles. The average molecular weight is 420 g/mol. The van der Waals surface area contributed by atoms with Crippen molar-refractivity contribution in [2.24, 2.45) is 11.8 Å². The molecule has 158 valence electrons. The summed E-state index contributed by atoms with van der Waals surface area (Å²) >= 11 is 0. The van der Waals surface area contributed by atoms with E-state index in [-0.39, 0.29) is 29.7 Å². The summed E-state index contributed by atoms with van der Waals surface area (Å²) in [5.41, 5.74) is 1.08. The van der Waals surface area contributed by atoms with Gasteiger partial charge in [0.25, 0.3) is 6.29 Å². The fourth-order valence-corrected chi connectivity index (χ4v) is 6.08. The lowest BCUT2D eigenvalue weighted by Crippen LogP contribution is -2.18. The Hall–Kier alpha value is -1.91. The minimum Gasteiger partial charge on any atom is -0.417 e. The van der Waals surface area contributed by atoms with Crippen molar-refractivity contribution in [2.45, 2.75) is 52.2 Å². The van der Waals surface area contributed by atoms with Gasteiger partial charge in [0.15, 0.2) is 0 Å². The van der Waals surface area contributed by atoms with Gasteiger partial charge in [-0.3, -0.25) is 4.57 Å². The van der Waals surface area contributed by atoms with Crippen LogP contribution in [-0.2, 0) is 18.8 Å². The van der Waals surface area contributed by atoms with Crippen LogP contribution in [0.3, 0.4) is 0 Å². The molecule has 1 aliphatic heterocycles. The molecular weight excluding hydrogens is 391 g/mol. The van der Waals surface area contributed by atoms with Crippen molar-refractivity contribution in [3.8, 4) is 0 Å². The first-order chi connectivity index (χ1) is 13.7. The highest BCUT2D eigenvalue weighted by Crippen LogP contribution is 2.45. The lowest BCUT2D eigenvalue weighted by Gasteiger charge is -2.22. The van der Waals surface area contributed by atoms with Crippen molar-refractivity contribution in [1.82, 2.24) is 0 Å². The summed E-state index contributed by atoms with van der Waals surface area (Å²) in [6, 6.07) is 6.75. The molecule has 1 aromatic rings. The smallest absolute Gasteiger partial charge is 0.342 e. The van der Waals surface area contributed by atoms with Crippen LogP contribution in [-0.4, -0.2) is 29.2 Å². The maximum absolute atomic E-state index is 12.9. The molecule has 0 aromatic heterocycles. The van der Waals surface area contributed by atoms with Gasteiger partial charge in [-0.25, -0.2) is 9.59 Å². The number of allylic oxidation sites excluding steroid dienone is 1. The molecule has 2 atom stereocenters. The largest absolute Gasteiger partial charge is 0.417 e. The topological polar surface area (TPSA) is 89.9 Å². The number of carbonyl (C=O) groups is 2.